The van der Waals surface area contributed by atoms with Crippen molar-refractivity contribution >= 4 is 33.5 Å². The summed E-state index contributed by atoms with van der Waals surface area (Å²) in [6.07, 6.45) is 9.88. The molecule has 11 heteroatoms. The zero-order chi connectivity index (χ0) is 28.0. The maximum Gasteiger partial charge on any atom is 0.145 e. The number of nitrogens with zero attached hydrogens (tertiary/aromatic N) is 8. The molecule has 0 amide bonds. The van der Waals surface area contributed by atoms with Gasteiger partial charge in [0.1, 0.15) is 33.9 Å². The van der Waals surface area contributed by atoms with Crippen LogP contribution in [0.1, 0.15) is 24.8 Å². The van der Waals surface area contributed by atoms with Gasteiger partial charge in [-0.1, -0.05) is 23.7 Å². The van der Waals surface area contributed by atoms with Gasteiger partial charge < -0.3 is 9.72 Å². The van der Waals surface area contributed by atoms with E-state index in [1.54, 1.807) is 13.4 Å². The molecule has 4 aromatic heterocycles. The predicted octanol–water partition coefficient (Wildman–Crippen LogP) is 4.62. The molecular formula is C30H30ClN9O. The molecule has 7 rings (SSSR count). The van der Waals surface area contributed by atoms with Gasteiger partial charge in [-0.3, -0.25) is 14.5 Å². The summed E-state index contributed by atoms with van der Waals surface area (Å²) >= 11 is 6.60. The molecule has 2 fully saturated rings. The highest BCUT2D eigenvalue weighted by Gasteiger charge is 2.48. The first-order chi connectivity index (χ1) is 20.1. The second-order valence-electron chi connectivity index (χ2n) is 11.1. The number of ether oxygens (including phenoxy) is 1. The number of rotatable bonds is 7. The molecule has 2 aliphatic rings. The van der Waals surface area contributed by atoms with E-state index in [-0.39, 0.29) is 5.54 Å². The lowest BCUT2D eigenvalue weighted by atomic mass is 9.83. The fourth-order valence-corrected chi connectivity index (χ4v) is 6.61. The fraction of sp³-hybridized carbons (Fsp3) is 0.367. The molecule has 0 spiro atoms. The van der Waals surface area contributed by atoms with Crippen LogP contribution < -0.4 is 4.74 Å². The second-order valence-corrected chi connectivity index (χ2v) is 11.4. The lowest BCUT2D eigenvalue weighted by Crippen LogP contribution is -2.66. The van der Waals surface area contributed by atoms with Crippen LogP contribution in [0.3, 0.4) is 0 Å². The number of para-hydroxylation sites is 1. The summed E-state index contributed by atoms with van der Waals surface area (Å²) in [7, 11) is 1.65. The molecule has 0 unspecified atom stereocenters. The number of nitriles is 1. The van der Waals surface area contributed by atoms with Gasteiger partial charge in [0.15, 0.2) is 0 Å². The van der Waals surface area contributed by atoms with Crippen LogP contribution in [0.25, 0.3) is 33.2 Å². The van der Waals surface area contributed by atoms with E-state index in [1.807, 2.05) is 47.5 Å². The number of methoxy groups -OCH3 is 1. The number of pyridine rings is 1. The molecule has 6 heterocycles. The summed E-state index contributed by atoms with van der Waals surface area (Å²) < 4.78 is 7.44. The van der Waals surface area contributed by atoms with Crippen LogP contribution in [-0.2, 0) is 12.1 Å². The molecule has 1 aromatic carbocycles. The summed E-state index contributed by atoms with van der Waals surface area (Å²) in [5.41, 5.74) is 4.09. The van der Waals surface area contributed by atoms with E-state index in [4.69, 9.17) is 21.4 Å². The third kappa shape index (κ3) is 4.60. The molecule has 41 heavy (non-hydrogen) atoms. The van der Waals surface area contributed by atoms with Crippen molar-refractivity contribution in [3.05, 3.63) is 66.0 Å². The fourth-order valence-electron chi connectivity index (χ4n) is 6.41. The van der Waals surface area contributed by atoms with Crippen LogP contribution >= 0.6 is 11.6 Å². The minimum Gasteiger partial charge on any atom is -0.494 e. The predicted molar refractivity (Wildman–Crippen MR) is 156 cm³/mol. The smallest absolute Gasteiger partial charge is 0.145 e. The Morgan fingerprint density at radius 2 is 2.05 bits per heavy atom. The first-order valence-electron chi connectivity index (χ1n) is 13.9. The van der Waals surface area contributed by atoms with Crippen molar-refractivity contribution < 1.29 is 4.74 Å². The van der Waals surface area contributed by atoms with Gasteiger partial charge in [-0.25, -0.2) is 15.0 Å². The highest BCUT2D eigenvalue weighted by molar-refractivity contribution is 6.30. The van der Waals surface area contributed by atoms with Gasteiger partial charge in [-0.15, -0.1) is 0 Å². The molecule has 0 radical (unpaired) electrons. The highest BCUT2D eigenvalue weighted by atomic mass is 35.5. The zero-order valence-electron chi connectivity index (χ0n) is 22.8. The number of aromatic amines is 1. The Morgan fingerprint density at radius 1 is 1.20 bits per heavy atom. The van der Waals surface area contributed by atoms with Crippen LogP contribution in [0.15, 0.2) is 55.2 Å². The average Bonchev–Trinajstić information content (AvgIpc) is 3.66. The van der Waals surface area contributed by atoms with Crippen LogP contribution in [0, 0.1) is 11.3 Å². The molecular weight excluding hydrogens is 538 g/mol. The van der Waals surface area contributed by atoms with Crippen LogP contribution in [0.5, 0.6) is 5.75 Å². The van der Waals surface area contributed by atoms with Gasteiger partial charge in [0.25, 0.3) is 0 Å². The number of H-pyrrole nitrogens is 1. The van der Waals surface area contributed by atoms with Crippen LogP contribution in [0.2, 0.25) is 5.15 Å². The number of aromatic nitrogens is 6. The Labute approximate surface area is 242 Å². The number of nitrogens with one attached hydrogen (secondary N) is 1. The molecule has 0 bridgehead atoms. The quantitative estimate of drug-likeness (QED) is 0.284. The summed E-state index contributed by atoms with van der Waals surface area (Å²) in [6.45, 7) is 4.39. The monoisotopic (exact) mass is 567 g/mol. The molecule has 208 valence electrons. The number of benzene rings is 1. The van der Waals surface area contributed by atoms with Crippen molar-refractivity contribution in [1.29, 1.82) is 5.26 Å². The largest absolute Gasteiger partial charge is 0.494 e. The number of likely N-dealkylation sites (tertiary alicyclic amines) is 2. The average molecular weight is 568 g/mol. The third-order valence-corrected chi connectivity index (χ3v) is 8.95. The number of fused-ring (bicyclic) bond motifs is 2. The lowest BCUT2D eigenvalue weighted by molar-refractivity contribution is -0.0436. The standard InChI is InChI=1S/C30H30ClN9O/c1-41-25-4-2-3-20-13-21(28(31)37-27(20)25)15-38-11-6-23(7-12-38)39-17-30(18-39,8-9-32)40-16-22(14-36-40)26-24-5-10-33-29(24)35-19-34-26/h2-5,10,13-14,16,19,23H,6-8,11-12,15,17-18H2,1H3,(H,33,34,35). The van der Waals surface area contributed by atoms with Gasteiger partial charge in [-0.2, -0.15) is 10.4 Å². The number of piperidine rings is 1. The second kappa shape index (κ2) is 10.4. The maximum atomic E-state index is 9.69. The van der Waals surface area contributed by atoms with Gasteiger partial charge in [-0.05, 0) is 44.1 Å². The van der Waals surface area contributed by atoms with Crippen molar-refractivity contribution in [2.75, 3.05) is 33.3 Å². The molecule has 5 aromatic rings. The number of hydrogen-bond donors (Lipinski definition) is 1. The first kappa shape index (κ1) is 25.9. The van der Waals surface area contributed by atoms with Crippen molar-refractivity contribution in [3.63, 3.8) is 0 Å². The minimum absolute atomic E-state index is 0.320. The van der Waals surface area contributed by atoms with E-state index in [2.05, 4.69) is 41.9 Å². The zero-order valence-corrected chi connectivity index (χ0v) is 23.6. The van der Waals surface area contributed by atoms with Gasteiger partial charge in [0, 0.05) is 60.0 Å². The van der Waals surface area contributed by atoms with Gasteiger partial charge in [0.2, 0.25) is 0 Å². The van der Waals surface area contributed by atoms with E-state index >= 15 is 0 Å². The van der Waals surface area contributed by atoms with Crippen molar-refractivity contribution in [3.8, 4) is 23.1 Å². The van der Waals surface area contributed by atoms with E-state index < -0.39 is 0 Å². The van der Waals surface area contributed by atoms with E-state index in [9.17, 15) is 5.26 Å². The summed E-state index contributed by atoms with van der Waals surface area (Å²) in [6, 6.07) is 12.9. The molecule has 0 saturated carbocycles. The van der Waals surface area contributed by atoms with E-state index in [0.717, 1.165) is 90.1 Å². The Hall–Kier alpha value is -4.04. The van der Waals surface area contributed by atoms with E-state index in [0.29, 0.717) is 17.6 Å². The molecule has 1 N–H and O–H groups in total. The number of halogens is 1. The Bertz CT molecular complexity index is 1760. The Balaban J connectivity index is 1.00. The maximum absolute atomic E-state index is 9.69. The van der Waals surface area contributed by atoms with Crippen molar-refractivity contribution in [2.45, 2.75) is 37.4 Å². The van der Waals surface area contributed by atoms with Gasteiger partial charge in [0.05, 0.1) is 31.5 Å². The topological polar surface area (TPSA) is 112 Å². The summed E-state index contributed by atoms with van der Waals surface area (Å²) in [4.78, 5) is 21.5. The molecule has 10 nitrogen and oxygen atoms in total. The number of hydrogen-bond acceptors (Lipinski definition) is 8. The minimum atomic E-state index is -0.320. The normalized spacial score (nSPS) is 18.0. The van der Waals surface area contributed by atoms with Crippen molar-refractivity contribution in [2.24, 2.45) is 0 Å². The molecule has 0 aliphatic carbocycles. The molecule has 2 saturated heterocycles. The highest BCUT2D eigenvalue weighted by Crippen LogP contribution is 2.37. The third-order valence-electron chi connectivity index (χ3n) is 8.62. The Kier molecular flexibility index (Phi) is 6.58. The summed E-state index contributed by atoms with van der Waals surface area (Å²) in [5, 5.41) is 16.9. The van der Waals surface area contributed by atoms with Crippen LogP contribution in [-0.4, -0.2) is 78.8 Å². The summed E-state index contributed by atoms with van der Waals surface area (Å²) in [5.74, 6) is 0.733. The Morgan fingerprint density at radius 3 is 2.85 bits per heavy atom. The van der Waals surface area contributed by atoms with Gasteiger partial charge >= 0.3 is 0 Å². The lowest BCUT2D eigenvalue weighted by Gasteiger charge is -2.53. The SMILES string of the molecule is COc1cccc2cc(CN3CCC(N4CC(CC#N)(n5cc(-c6ncnc7[nH]ccc67)cn5)C4)CC3)c(Cl)nc12. The molecule has 0 atom stereocenters. The molecule has 2 aliphatic heterocycles. The van der Waals surface area contributed by atoms with Crippen LogP contribution in [0.4, 0.5) is 0 Å². The van der Waals surface area contributed by atoms with E-state index in [1.165, 1.54) is 0 Å². The van der Waals surface area contributed by atoms with Crippen molar-refractivity contribution in [1.82, 2.24) is 39.5 Å². The first-order valence-corrected chi connectivity index (χ1v) is 14.2.